The molecule has 0 radical (unpaired) electrons. The van der Waals surface area contributed by atoms with Gasteiger partial charge in [0.25, 0.3) is 0 Å². The lowest BCUT2D eigenvalue weighted by Gasteiger charge is -2.30. The average Bonchev–Trinajstić information content (AvgIpc) is 3.39. The molecule has 1 aromatic heterocycles. The van der Waals surface area contributed by atoms with Crippen LogP contribution in [-0.4, -0.2) is 41.3 Å². The Bertz CT molecular complexity index is 1180. The number of nitrogens with one attached hydrogen (secondary N) is 1. The topological polar surface area (TPSA) is 84.3 Å². The minimum absolute atomic E-state index is 0.0296. The largest absolute Gasteiger partial charge is 0.349 e. The van der Waals surface area contributed by atoms with Gasteiger partial charge in [0.15, 0.2) is 0 Å². The Labute approximate surface area is 194 Å². The minimum atomic E-state index is -3.50. The quantitative estimate of drug-likeness (QED) is 0.577. The molecule has 1 saturated heterocycles. The highest BCUT2D eigenvalue weighted by molar-refractivity contribution is 7.92. The summed E-state index contributed by atoms with van der Waals surface area (Å²) in [6, 6.07) is 17.2. The molecular weight excluding hydrogens is 436 g/mol. The third-order valence-electron chi connectivity index (χ3n) is 5.97. The van der Waals surface area contributed by atoms with Crippen molar-refractivity contribution in [2.24, 2.45) is 5.92 Å². The number of piperidine rings is 1. The van der Waals surface area contributed by atoms with E-state index in [2.05, 4.69) is 10.3 Å². The Kier molecular flexibility index (Phi) is 7.05. The van der Waals surface area contributed by atoms with E-state index < -0.39 is 10.0 Å². The highest BCUT2D eigenvalue weighted by Crippen LogP contribution is 2.23. The Morgan fingerprint density at radius 2 is 1.79 bits per heavy atom. The lowest BCUT2D eigenvalue weighted by atomic mass is 9.96. The lowest BCUT2D eigenvalue weighted by Crippen LogP contribution is -2.42. The standard InChI is InChI=1S/C25H28N4O3S/c1-20(22-7-9-24(10-8-22)28-17-14-26-19-28)27-25(30)23-11-15-29(16-12-23)33(31,32)18-13-21-5-3-2-4-6-21/h2-10,13-14,17-20,23H,11-12,15-16H2,1H3,(H,27,30). The predicted molar refractivity (Wildman–Crippen MR) is 129 cm³/mol. The van der Waals surface area contributed by atoms with E-state index in [1.165, 1.54) is 9.71 Å². The molecule has 7 nitrogen and oxygen atoms in total. The number of imidazole rings is 1. The number of nitrogens with zero attached hydrogens (tertiary/aromatic N) is 3. The van der Waals surface area contributed by atoms with Crippen LogP contribution in [0.5, 0.6) is 0 Å². The number of hydrogen-bond donors (Lipinski definition) is 1. The Hall–Kier alpha value is -3.23. The molecule has 8 heteroatoms. The third-order valence-corrected chi connectivity index (χ3v) is 7.54. The zero-order chi connectivity index (χ0) is 23.3. The smallest absolute Gasteiger partial charge is 0.236 e. The number of carbonyl (C=O) groups is 1. The van der Waals surface area contributed by atoms with Crippen LogP contribution in [0, 0.1) is 5.92 Å². The van der Waals surface area contributed by atoms with Crippen molar-refractivity contribution in [3.8, 4) is 5.69 Å². The van der Waals surface area contributed by atoms with Crippen molar-refractivity contribution < 1.29 is 13.2 Å². The summed E-state index contributed by atoms with van der Waals surface area (Å²) in [5.41, 5.74) is 2.85. The first kappa shape index (κ1) is 22.9. The molecule has 3 aromatic rings. The van der Waals surface area contributed by atoms with Gasteiger partial charge in [0.05, 0.1) is 12.4 Å². The van der Waals surface area contributed by atoms with Crippen molar-refractivity contribution >= 4 is 22.0 Å². The van der Waals surface area contributed by atoms with Gasteiger partial charge >= 0.3 is 0 Å². The van der Waals surface area contributed by atoms with Gasteiger partial charge in [0.2, 0.25) is 15.9 Å². The van der Waals surface area contributed by atoms with Gasteiger partial charge < -0.3 is 9.88 Å². The molecule has 1 fully saturated rings. The van der Waals surface area contributed by atoms with Crippen molar-refractivity contribution in [2.75, 3.05) is 13.1 Å². The fourth-order valence-electron chi connectivity index (χ4n) is 3.95. The summed E-state index contributed by atoms with van der Waals surface area (Å²) in [7, 11) is -3.50. The molecule has 2 heterocycles. The number of amides is 1. The molecule has 172 valence electrons. The van der Waals surface area contributed by atoms with Crippen molar-refractivity contribution in [2.45, 2.75) is 25.8 Å². The fraction of sp³-hybridized carbons (Fsp3) is 0.280. The van der Waals surface area contributed by atoms with Crippen LogP contribution in [-0.2, 0) is 14.8 Å². The summed E-state index contributed by atoms with van der Waals surface area (Å²) in [5, 5.41) is 4.33. The van der Waals surface area contributed by atoms with Gasteiger partial charge in [-0.2, -0.15) is 4.31 Å². The van der Waals surface area contributed by atoms with Crippen LogP contribution in [0.2, 0.25) is 0 Å². The van der Waals surface area contributed by atoms with E-state index in [1.807, 2.05) is 72.3 Å². The Morgan fingerprint density at radius 1 is 1.09 bits per heavy atom. The third kappa shape index (κ3) is 5.77. The summed E-state index contributed by atoms with van der Waals surface area (Å²) < 4.78 is 28.7. The van der Waals surface area contributed by atoms with Gasteiger partial charge in [0, 0.05) is 42.5 Å². The number of hydrogen-bond acceptors (Lipinski definition) is 4. The van der Waals surface area contributed by atoms with Gasteiger partial charge in [-0.25, -0.2) is 13.4 Å². The normalized spacial score (nSPS) is 16.6. The van der Waals surface area contributed by atoms with Crippen LogP contribution in [0.1, 0.15) is 36.9 Å². The summed E-state index contributed by atoms with van der Waals surface area (Å²) in [5.74, 6) is -0.222. The zero-order valence-corrected chi connectivity index (χ0v) is 19.4. The van der Waals surface area contributed by atoms with E-state index in [4.69, 9.17) is 0 Å². The molecule has 0 bridgehead atoms. The maximum atomic E-state index is 12.8. The molecule has 1 aliphatic rings. The van der Waals surface area contributed by atoms with Crippen LogP contribution < -0.4 is 5.32 Å². The highest BCUT2D eigenvalue weighted by Gasteiger charge is 2.30. The Balaban J connectivity index is 1.29. The van der Waals surface area contributed by atoms with Crippen molar-refractivity contribution in [3.05, 3.63) is 89.9 Å². The van der Waals surface area contributed by atoms with Gasteiger partial charge in [0.1, 0.15) is 0 Å². The Morgan fingerprint density at radius 3 is 2.42 bits per heavy atom. The van der Waals surface area contributed by atoms with Gasteiger partial charge in [-0.05, 0) is 49.1 Å². The molecule has 0 saturated carbocycles. The second-order valence-corrected chi connectivity index (χ2v) is 10.0. The van der Waals surface area contributed by atoms with E-state index in [0.29, 0.717) is 25.9 Å². The molecule has 1 amide bonds. The number of carbonyl (C=O) groups excluding carboxylic acids is 1. The van der Waals surface area contributed by atoms with Crippen LogP contribution in [0.15, 0.2) is 78.7 Å². The number of aromatic nitrogens is 2. The van der Waals surface area contributed by atoms with Crippen LogP contribution in [0.3, 0.4) is 0 Å². The second-order valence-electron chi connectivity index (χ2n) is 8.22. The molecule has 33 heavy (non-hydrogen) atoms. The van der Waals surface area contributed by atoms with Crippen LogP contribution >= 0.6 is 0 Å². The second kappa shape index (κ2) is 10.1. The first-order valence-electron chi connectivity index (χ1n) is 11.0. The minimum Gasteiger partial charge on any atom is -0.349 e. The predicted octanol–water partition coefficient (Wildman–Crippen LogP) is 3.76. The molecule has 1 unspecified atom stereocenters. The molecule has 1 N–H and O–H groups in total. The van der Waals surface area contributed by atoms with Gasteiger partial charge in [-0.3, -0.25) is 4.79 Å². The first-order valence-corrected chi connectivity index (χ1v) is 12.5. The molecule has 4 rings (SSSR count). The van der Waals surface area contributed by atoms with Gasteiger partial charge in [-0.1, -0.05) is 42.5 Å². The SMILES string of the molecule is CC(NC(=O)C1CCN(S(=O)(=O)C=Cc2ccccc2)CC1)c1ccc(-n2ccnc2)cc1. The average molecular weight is 465 g/mol. The summed E-state index contributed by atoms with van der Waals surface area (Å²) in [6.45, 7) is 2.64. The van der Waals surface area contributed by atoms with E-state index >= 15 is 0 Å². The van der Waals surface area contributed by atoms with Crippen molar-refractivity contribution in [3.63, 3.8) is 0 Å². The van der Waals surface area contributed by atoms with Crippen molar-refractivity contribution in [1.82, 2.24) is 19.2 Å². The first-order chi connectivity index (χ1) is 15.9. The molecule has 2 aromatic carbocycles. The van der Waals surface area contributed by atoms with Crippen LogP contribution in [0.25, 0.3) is 11.8 Å². The maximum Gasteiger partial charge on any atom is 0.236 e. The number of sulfonamides is 1. The molecule has 1 atom stereocenters. The zero-order valence-electron chi connectivity index (χ0n) is 18.5. The lowest BCUT2D eigenvalue weighted by molar-refractivity contribution is -0.126. The highest BCUT2D eigenvalue weighted by atomic mass is 32.2. The molecule has 1 aliphatic heterocycles. The molecule has 0 aliphatic carbocycles. The number of benzene rings is 2. The van der Waals surface area contributed by atoms with Crippen LogP contribution in [0.4, 0.5) is 0 Å². The fourth-order valence-corrected chi connectivity index (χ4v) is 5.17. The summed E-state index contributed by atoms with van der Waals surface area (Å²) in [6.07, 6.45) is 7.97. The number of rotatable bonds is 7. The summed E-state index contributed by atoms with van der Waals surface area (Å²) in [4.78, 5) is 16.9. The van der Waals surface area contributed by atoms with E-state index in [9.17, 15) is 13.2 Å². The van der Waals surface area contributed by atoms with E-state index in [1.54, 1.807) is 18.6 Å². The van der Waals surface area contributed by atoms with Crippen molar-refractivity contribution in [1.29, 1.82) is 0 Å². The molecule has 0 spiro atoms. The monoisotopic (exact) mass is 464 g/mol. The van der Waals surface area contributed by atoms with E-state index in [0.717, 1.165) is 16.8 Å². The molecular formula is C25H28N4O3S. The maximum absolute atomic E-state index is 12.8. The van der Waals surface area contributed by atoms with E-state index in [-0.39, 0.29) is 17.9 Å². The summed E-state index contributed by atoms with van der Waals surface area (Å²) >= 11 is 0. The van der Waals surface area contributed by atoms with Gasteiger partial charge in [-0.15, -0.1) is 0 Å².